The maximum absolute atomic E-state index is 12.3. The molecule has 134 valence electrons. The molecule has 1 aliphatic rings. The molecule has 2 N–H and O–H groups in total. The third kappa shape index (κ3) is 4.41. The lowest BCUT2D eigenvalue weighted by molar-refractivity contribution is 0.0665. The van der Waals surface area contributed by atoms with Gasteiger partial charge in [-0.3, -0.25) is 0 Å². The van der Waals surface area contributed by atoms with Gasteiger partial charge in [-0.15, -0.1) is 0 Å². The van der Waals surface area contributed by atoms with Gasteiger partial charge in [-0.05, 0) is 42.0 Å². The number of urea groups is 1. The van der Waals surface area contributed by atoms with Crippen molar-refractivity contribution in [2.45, 2.75) is 25.5 Å². The third-order valence-corrected chi connectivity index (χ3v) is 4.94. The molecular weight excluding hydrogens is 326 g/mol. The number of nitrogens with zero attached hydrogens (tertiary/aromatic N) is 2. The highest BCUT2D eigenvalue weighted by molar-refractivity contribution is 5.74. The van der Waals surface area contributed by atoms with Crippen LogP contribution in [0.1, 0.15) is 35.6 Å². The van der Waals surface area contributed by atoms with E-state index in [4.69, 9.17) is 5.26 Å². The highest BCUT2D eigenvalue weighted by Crippen LogP contribution is 2.30. The van der Waals surface area contributed by atoms with Crippen molar-refractivity contribution in [1.82, 2.24) is 10.2 Å². The van der Waals surface area contributed by atoms with E-state index >= 15 is 0 Å². The number of piperidine rings is 1. The van der Waals surface area contributed by atoms with Crippen molar-refractivity contribution in [2.24, 2.45) is 5.92 Å². The van der Waals surface area contributed by atoms with Gasteiger partial charge in [0.1, 0.15) is 0 Å². The van der Waals surface area contributed by atoms with E-state index in [2.05, 4.69) is 11.4 Å². The highest BCUT2D eigenvalue weighted by Gasteiger charge is 2.28. The first-order valence-corrected chi connectivity index (χ1v) is 8.92. The van der Waals surface area contributed by atoms with Crippen LogP contribution < -0.4 is 5.32 Å². The van der Waals surface area contributed by atoms with Crippen LogP contribution in [-0.4, -0.2) is 29.1 Å². The fraction of sp³-hybridized carbons (Fsp3) is 0.333. The monoisotopic (exact) mass is 349 g/mol. The summed E-state index contributed by atoms with van der Waals surface area (Å²) >= 11 is 0. The number of hydrogen-bond acceptors (Lipinski definition) is 3. The van der Waals surface area contributed by atoms with Crippen molar-refractivity contribution in [1.29, 1.82) is 5.26 Å². The number of benzene rings is 2. The number of carbonyl (C=O) groups excluding carboxylic acids is 1. The largest absolute Gasteiger partial charge is 0.388 e. The Morgan fingerprint density at radius 1 is 1.15 bits per heavy atom. The Labute approximate surface area is 153 Å². The highest BCUT2D eigenvalue weighted by atomic mass is 16.3. The summed E-state index contributed by atoms with van der Waals surface area (Å²) < 4.78 is 0. The van der Waals surface area contributed by atoms with Crippen molar-refractivity contribution >= 4 is 6.03 Å². The van der Waals surface area contributed by atoms with E-state index in [9.17, 15) is 9.90 Å². The molecule has 5 heteroatoms. The topological polar surface area (TPSA) is 76.4 Å². The van der Waals surface area contributed by atoms with Crippen LogP contribution in [0.2, 0.25) is 0 Å². The van der Waals surface area contributed by atoms with E-state index in [0.717, 1.165) is 24.0 Å². The Kier molecular flexibility index (Phi) is 5.88. The summed E-state index contributed by atoms with van der Waals surface area (Å²) in [6, 6.07) is 18.9. The number of carbonyl (C=O) groups is 1. The Morgan fingerprint density at radius 3 is 2.42 bits per heavy atom. The normalized spacial score (nSPS) is 15.9. The lowest BCUT2D eigenvalue weighted by atomic mass is 9.87. The first-order chi connectivity index (χ1) is 12.7. The molecule has 0 aliphatic carbocycles. The van der Waals surface area contributed by atoms with Gasteiger partial charge in [0.15, 0.2) is 0 Å². The first-order valence-electron chi connectivity index (χ1n) is 8.92. The molecule has 1 fully saturated rings. The molecule has 1 saturated heterocycles. The fourth-order valence-corrected chi connectivity index (χ4v) is 3.33. The van der Waals surface area contributed by atoms with Crippen LogP contribution >= 0.6 is 0 Å². The van der Waals surface area contributed by atoms with Crippen LogP contribution in [0.4, 0.5) is 4.79 Å². The Balaban J connectivity index is 1.46. The SMILES string of the molecule is N#Cc1ccc(CNC(=O)N2CCC(C(O)c3ccccc3)CC2)cc1. The maximum atomic E-state index is 12.3. The number of nitriles is 1. The zero-order valence-corrected chi connectivity index (χ0v) is 14.6. The predicted octanol–water partition coefficient (Wildman–Crippen LogP) is 3.21. The molecular formula is C21H23N3O2. The second-order valence-corrected chi connectivity index (χ2v) is 6.65. The third-order valence-electron chi connectivity index (χ3n) is 4.94. The number of rotatable bonds is 4. The minimum absolute atomic E-state index is 0.0815. The number of nitrogens with one attached hydrogen (secondary N) is 1. The van der Waals surface area contributed by atoms with E-state index in [1.54, 1.807) is 17.0 Å². The van der Waals surface area contributed by atoms with Gasteiger partial charge in [-0.1, -0.05) is 42.5 Å². The molecule has 3 rings (SSSR count). The lowest BCUT2D eigenvalue weighted by Gasteiger charge is -2.34. The first kappa shape index (κ1) is 18.0. The van der Waals surface area contributed by atoms with Crippen molar-refractivity contribution in [3.8, 4) is 6.07 Å². The summed E-state index contributed by atoms with van der Waals surface area (Å²) in [6.45, 7) is 1.73. The molecule has 2 aromatic rings. The van der Waals surface area contributed by atoms with Gasteiger partial charge in [-0.2, -0.15) is 5.26 Å². The van der Waals surface area contributed by atoms with E-state index in [1.807, 2.05) is 42.5 Å². The van der Waals surface area contributed by atoms with Crippen molar-refractivity contribution in [3.63, 3.8) is 0 Å². The fourth-order valence-electron chi connectivity index (χ4n) is 3.33. The lowest BCUT2D eigenvalue weighted by Crippen LogP contribution is -2.44. The maximum Gasteiger partial charge on any atom is 0.317 e. The molecule has 0 aromatic heterocycles. The summed E-state index contributed by atoms with van der Waals surface area (Å²) in [5.74, 6) is 0.181. The second kappa shape index (κ2) is 8.50. The zero-order valence-electron chi connectivity index (χ0n) is 14.6. The van der Waals surface area contributed by atoms with E-state index in [-0.39, 0.29) is 11.9 Å². The summed E-state index contributed by atoms with van der Waals surface area (Å²) in [7, 11) is 0. The molecule has 1 aliphatic heterocycles. The minimum atomic E-state index is -0.472. The number of aliphatic hydroxyl groups excluding tert-OH is 1. The van der Waals surface area contributed by atoms with Crippen LogP contribution in [0.25, 0.3) is 0 Å². The molecule has 1 heterocycles. The van der Waals surface area contributed by atoms with Gasteiger partial charge < -0.3 is 15.3 Å². The summed E-state index contributed by atoms with van der Waals surface area (Å²) in [4.78, 5) is 14.1. The average Bonchev–Trinajstić information content (AvgIpc) is 2.72. The Bertz CT molecular complexity index is 760. The van der Waals surface area contributed by atoms with Crippen molar-refractivity contribution in [3.05, 3.63) is 71.3 Å². The zero-order chi connectivity index (χ0) is 18.4. The van der Waals surface area contributed by atoms with E-state index < -0.39 is 6.10 Å². The Morgan fingerprint density at radius 2 is 1.81 bits per heavy atom. The quantitative estimate of drug-likeness (QED) is 0.890. The van der Waals surface area contributed by atoms with Crippen LogP contribution in [0.15, 0.2) is 54.6 Å². The molecule has 1 atom stereocenters. The van der Waals surface area contributed by atoms with Gasteiger partial charge in [-0.25, -0.2) is 4.79 Å². The van der Waals surface area contributed by atoms with Crippen LogP contribution in [0.5, 0.6) is 0 Å². The van der Waals surface area contributed by atoms with Gasteiger partial charge in [0.25, 0.3) is 0 Å². The van der Waals surface area contributed by atoms with Gasteiger partial charge in [0.2, 0.25) is 0 Å². The molecule has 2 aromatic carbocycles. The van der Waals surface area contributed by atoms with Gasteiger partial charge in [0.05, 0.1) is 17.7 Å². The summed E-state index contributed by atoms with van der Waals surface area (Å²) in [6.07, 6.45) is 1.11. The standard InChI is InChI=1S/C21H23N3O2/c22-14-16-6-8-17(9-7-16)15-23-21(26)24-12-10-19(11-13-24)20(25)18-4-2-1-3-5-18/h1-9,19-20,25H,10-13,15H2,(H,23,26). The van der Waals surface area contributed by atoms with Crippen LogP contribution in [0, 0.1) is 17.2 Å². The molecule has 5 nitrogen and oxygen atoms in total. The number of likely N-dealkylation sites (tertiary alicyclic amines) is 1. The molecule has 0 bridgehead atoms. The van der Waals surface area contributed by atoms with E-state index in [1.165, 1.54) is 0 Å². The Hall–Kier alpha value is -2.84. The summed E-state index contributed by atoms with van der Waals surface area (Å²) in [5.41, 5.74) is 2.52. The van der Waals surface area contributed by atoms with Gasteiger partial charge >= 0.3 is 6.03 Å². The van der Waals surface area contributed by atoms with Crippen molar-refractivity contribution in [2.75, 3.05) is 13.1 Å². The second-order valence-electron chi connectivity index (χ2n) is 6.65. The smallest absolute Gasteiger partial charge is 0.317 e. The molecule has 26 heavy (non-hydrogen) atoms. The molecule has 1 unspecified atom stereocenters. The van der Waals surface area contributed by atoms with Crippen molar-refractivity contribution < 1.29 is 9.90 Å². The minimum Gasteiger partial charge on any atom is -0.388 e. The predicted molar refractivity (Wildman–Crippen MR) is 99.1 cm³/mol. The van der Waals surface area contributed by atoms with Crippen LogP contribution in [-0.2, 0) is 6.54 Å². The number of amides is 2. The average molecular weight is 349 g/mol. The van der Waals surface area contributed by atoms with Gasteiger partial charge in [0, 0.05) is 19.6 Å². The molecule has 0 saturated carbocycles. The number of aliphatic hydroxyl groups is 1. The molecule has 2 amide bonds. The van der Waals surface area contributed by atoms with Crippen LogP contribution in [0.3, 0.4) is 0 Å². The molecule has 0 radical (unpaired) electrons. The molecule has 0 spiro atoms. The number of hydrogen-bond donors (Lipinski definition) is 2. The van der Waals surface area contributed by atoms with E-state index in [0.29, 0.717) is 25.2 Å². The summed E-state index contributed by atoms with van der Waals surface area (Å²) in [5, 5.41) is 22.3.